The Bertz CT molecular complexity index is 338. The van der Waals surface area contributed by atoms with E-state index < -0.39 is 23.7 Å². The minimum Gasteiger partial charge on any atom is -0.467 e. The Morgan fingerprint density at radius 1 is 1.37 bits per heavy atom. The maximum atomic E-state index is 12.1. The molecule has 1 rings (SSSR count). The lowest BCUT2D eigenvalue weighted by molar-refractivity contribution is -0.145. The molecule has 2 atom stereocenters. The van der Waals surface area contributed by atoms with Gasteiger partial charge in [0.25, 0.3) is 0 Å². The fourth-order valence-corrected chi connectivity index (χ4v) is 2.25. The average Bonchev–Trinajstić information content (AvgIpc) is 2.70. The van der Waals surface area contributed by atoms with Crippen LogP contribution >= 0.6 is 0 Å². The summed E-state index contributed by atoms with van der Waals surface area (Å²) >= 11 is 0. The minimum absolute atomic E-state index is 0.224. The van der Waals surface area contributed by atoms with Crippen molar-refractivity contribution >= 4 is 12.1 Å². The van der Waals surface area contributed by atoms with Crippen LogP contribution in [-0.4, -0.2) is 48.8 Å². The van der Waals surface area contributed by atoms with Gasteiger partial charge in [-0.1, -0.05) is 0 Å². The largest absolute Gasteiger partial charge is 0.467 e. The van der Waals surface area contributed by atoms with Crippen LogP contribution < -0.4 is 5.73 Å². The summed E-state index contributed by atoms with van der Waals surface area (Å²) in [5.41, 5.74) is 4.96. The van der Waals surface area contributed by atoms with Gasteiger partial charge in [-0.2, -0.15) is 0 Å². The summed E-state index contributed by atoms with van der Waals surface area (Å²) in [5, 5.41) is 0. The topological polar surface area (TPSA) is 81.9 Å². The molecule has 0 aromatic carbocycles. The summed E-state index contributed by atoms with van der Waals surface area (Å²) in [6.07, 6.45) is 0.901. The Hall–Kier alpha value is -1.30. The van der Waals surface area contributed by atoms with Crippen LogP contribution in [0.25, 0.3) is 0 Å². The Morgan fingerprint density at radius 3 is 2.47 bits per heavy atom. The molecule has 0 aromatic heterocycles. The molecular formula is C13H24N2O4. The van der Waals surface area contributed by atoms with E-state index in [0.29, 0.717) is 19.5 Å². The molecule has 0 aromatic rings. The Morgan fingerprint density at radius 2 is 2.00 bits per heavy atom. The van der Waals surface area contributed by atoms with Crippen molar-refractivity contribution in [2.75, 3.05) is 20.2 Å². The van der Waals surface area contributed by atoms with Gasteiger partial charge in [-0.15, -0.1) is 0 Å². The lowest BCUT2D eigenvalue weighted by Crippen LogP contribution is -2.43. The van der Waals surface area contributed by atoms with Crippen molar-refractivity contribution in [1.29, 1.82) is 0 Å². The van der Waals surface area contributed by atoms with E-state index >= 15 is 0 Å². The monoisotopic (exact) mass is 272 g/mol. The van der Waals surface area contributed by atoms with Gasteiger partial charge in [-0.3, -0.25) is 4.90 Å². The van der Waals surface area contributed by atoms with Crippen LogP contribution in [0, 0.1) is 5.92 Å². The number of nitrogens with zero attached hydrogens (tertiary/aromatic N) is 1. The van der Waals surface area contributed by atoms with Crippen LogP contribution in [0.1, 0.15) is 33.6 Å². The minimum atomic E-state index is -0.580. The van der Waals surface area contributed by atoms with Crippen molar-refractivity contribution in [3.8, 4) is 0 Å². The first-order valence-electron chi connectivity index (χ1n) is 6.56. The van der Waals surface area contributed by atoms with Crippen LogP contribution in [0.4, 0.5) is 4.79 Å². The van der Waals surface area contributed by atoms with E-state index in [0.717, 1.165) is 6.42 Å². The SMILES string of the molecule is COC(=O)C1CC(CCN)CN1C(=O)OC(C)(C)C. The summed E-state index contributed by atoms with van der Waals surface area (Å²) in [6.45, 7) is 6.43. The number of amides is 1. The lowest BCUT2D eigenvalue weighted by atomic mass is 10.0. The third-order valence-corrected chi connectivity index (χ3v) is 3.06. The van der Waals surface area contributed by atoms with Crippen LogP contribution in [0.3, 0.4) is 0 Å². The number of carbonyl (C=O) groups is 2. The van der Waals surface area contributed by atoms with E-state index in [1.165, 1.54) is 12.0 Å². The van der Waals surface area contributed by atoms with Gasteiger partial charge in [0.1, 0.15) is 11.6 Å². The van der Waals surface area contributed by atoms with E-state index in [2.05, 4.69) is 0 Å². The highest BCUT2D eigenvalue weighted by atomic mass is 16.6. The van der Waals surface area contributed by atoms with E-state index in [4.69, 9.17) is 15.2 Å². The zero-order valence-corrected chi connectivity index (χ0v) is 12.1. The smallest absolute Gasteiger partial charge is 0.411 e. The summed E-state index contributed by atoms with van der Waals surface area (Å²) in [6, 6.07) is -0.559. The lowest BCUT2D eigenvalue weighted by Gasteiger charge is -2.27. The molecule has 6 nitrogen and oxygen atoms in total. The third kappa shape index (κ3) is 4.38. The molecule has 0 saturated carbocycles. The standard InChI is InChI=1S/C13H24N2O4/c1-13(2,3)19-12(17)15-8-9(5-6-14)7-10(15)11(16)18-4/h9-10H,5-8,14H2,1-4H3. The summed E-state index contributed by atoms with van der Waals surface area (Å²) in [5.74, 6) is -0.174. The van der Waals surface area contributed by atoms with Gasteiger partial charge in [0.15, 0.2) is 0 Å². The maximum absolute atomic E-state index is 12.1. The van der Waals surface area contributed by atoms with Gasteiger partial charge >= 0.3 is 12.1 Å². The molecule has 6 heteroatoms. The van der Waals surface area contributed by atoms with Gasteiger partial charge < -0.3 is 15.2 Å². The normalized spacial score (nSPS) is 23.3. The van der Waals surface area contributed by atoms with Gasteiger partial charge in [0, 0.05) is 6.54 Å². The molecule has 2 unspecified atom stereocenters. The molecule has 2 N–H and O–H groups in total. The van der Waals surface area contributed by atoms with Crippen molar-refractivity contribution in [2.45, 2.75) is 45.3 Å². The number of methoxy groups -OCH3 is 1. The highest BCUT2D eigenvalue weighted by Gasteiger charge is 2.41. The number of ether oxygens (including phenoxy) is 2. The molecule has 0 aliphatic carbocycles. The fourth-order valence-electron chi connectivity index (χ4n) is 2.25. The second-order valence-corrected chi connectivity index (χ2v) is 5.85. The van der Waals surface area contributed by atoms with Gasteiger partial charge in [-0.05, 0) is 46.1 Å². The van der Waals surface area contributed by atoms with Crippen molar-refractivity contribution in [3.05, 3.63) is 0 Å². The molecule has 1 heterocycles. The van der Waals surface area contributed by atoms with E-state index in [9.17, 15) is 9.59 Å². The second kappa shape index (κ2) is 6.23. The average molecular weight is 272 g/mol. The number of likely N-dealkylation sites (tertiary alicyclic amines) is 1. The summed E-state index contributed by atoms with van der Waals surface area (Å²) in [4.78, 5) is 25.3. The van der Waals surface area contributed by atoms with E-state index in [1.54, 1.807) is 20.8 Å². The fraction of sp³-hybridized carbons (Fsp3) is 0.846. The van der Waals surface area contributed by atoms with Crippen molar-refractivity contribution in [3.63, 3.8) is 0 Å². The summed E-state index contributed by atoms with van der Waals surface area (Å²) < 4.78 is 10.1. The molecule has 0 spiro atoms. The first kappa shape index (κ1) is 15.8. The number of hydrogen-bond donors (Lipinski definition) is 1. The number of rotatable bonds is 3. The molecule has 19 heavy (non-hydrogen) atoms. The van der Waals surface area contributed by atoms with Crippen LogP contribution in [0.2, 0.25) is 0 Å². The number of hydrogen-bond acceptors (Lipinski definition) is 5. The van der Waals surface area contributed by atoms with Gasteiger partial charge in [-0.25, -0.2) is 9.59 Å². The van der Waals surface area contributed by atoms with Crippen molar-refractivity contribution in [2.24, 2.45) is 11.7 Å². The number of nitrogens with two attached hydrogens (primary N) is 1. The molecule has 1 amide bonds. The molecule has 1 fully saturated rings. The molecule has 0 radical (unpaired) electrons. The molecule has 110 valence electrons. The number of carbonyl (C=O) groups excluding carboxylic acids is 2. The van der Waals surface area contributed by atoms with Crippen LogP contribution in [0.5, 0.6) is 0 Å². The Balaban J connectivity index is 2.76. The molecule has 1 aliphatic heterocycles. The first-order valence-corrected chi connectivity index (χ1v) is 6.56. The quantitative estimate of drug-likeness (QED) is 0.779. The maximum Gasteiger partial charge on any atom is 0.411 e. The Labute approximate surface area is 114 Å². The predicted molar refractivity (Wildman–Crippen MR) is 70.5 cm³/mol. The van der Waals surface area contributed by atoms with Crippen LogP contribution in [0.15, 0.2) is 0 Å². The second-order valence-electron chi connectivity index (χ2n) is 5.85. The first-order chi connectivity index (χ1) is 8.78. The highest BCUT2D eigenvalue weighted by molar-refractivity contribution is 5.82. The predicted octanol–water partition coefficient (Wildman–Crippen LogP) is 1.13. The third-order valence-electron chi connectivity index (χ3n) is 3.06. The van der Waals surface area contributed by atoms with E-state index in [-0.39, 0.29) is 5.92 Å². The molecular weight excluding hydrogens is 248 g/mol. The number of esters is 1. The molecule has 1 aliphatic rings. The van der Waals surface area contributed by atoms with Crippen LogP contribution in [-0.2, 0) is 14.3 Å². The highest BCUT2D eigenvalue weighted by Crippen LogP contribution is 2.28. The Kier molecular flexibility index (Phi) is 5.17. The van der Waals surface area contributed by atoms with Gasteiger partial charge in [0.05, 0.1) is 7.11 Å². The van der Waals surface area contributed by atoms with Gasteiger partial charge in [0.2, 0.25) is 0 Å². The van der Waals surface area contributed by atoms with Crippen molar-refractivity contribution < 1.29 is 19.1 Å². The van der Waals surface area contributed by atoms with E-state index in [1.807, 2.05) is 0 Å². The van der Waals surface area contributed by atoms with Crippen molar-refractivity contribution in [1.82, 2.24) is 4.90 Å². The summed E-state index contributed by atoms with van der Waals surface area (Å²) in [7, 11) is 1.33. The zero-order valence-electron chi connectivity index (χ0n) is 12.1. The zero-order chi connectivity index (χ0) is 14.6. The molecule has 0 bridgehead atoms. The molecule has 1 saturated heterocycles.